The second-order valence-corrected chi connectivity index (χ2v) is 7.14. The second kappa shape index (κ2) is 8.26. The standard InChI is InChI=1S/C17H28N6O3/c1-10-7-8-12(19-14(25)17(5,6)22-18)9-13(10)20-15(26)21-23-16(3,4)11(2)24/h7-9,22-23H,18H2,1-6H3,(H,19,25)(H2,20,21,26). The topological polar surface area (TPSA) is 137 Å². The minimum Gasteiger partial charge on any atom is -0.324 e. The molecule has 0 unspecified atom stereocenters. The highest BCUT2D eigenvalue weighted by Gasteiger charge is 2.26. The first kappa shape index (κ1) is 21.6. The number of hydrogen-bond acceptors (Lipinski definition) is 6. The molecule has 0 aliphatic heterocycles. The van der Waals surface area contributed by atoms with Crippen LogP contribution in [0.3, 0.4) is 0 Å². The number of urea groups is 1. The van der Waals surface area contributed by atoms with Crippen LogP contribution < -0.4 is 32.8 Å². The van der Waals surface area contributed by atoms with Crippen molar-refractivity contribution in [3.8, 4) is 0 Å². The molecular formula is C17H28N6O3. The molecule has 0 saturated heterocycles. The highest BCUT2D eigenvalue weighted by Crippen LogP contribution is 2.21. The molecule has 1 aromatic rings. The van der Waals surface area contributed by atoms with Gasteiger partial charge in [-0.3, -0.25) is 20.9 Å². The fourth-order valence-electron chi connectivity index (χ4n) is 1.64. The third-order valence-corrected chi connectivity index (χ3v) is 4.04. The van der Waals surface area contributed by atoms with E-state index in [1.807, 2.05) is 6.92 Å². The average molecular weight is 364 g/mol. The fraction of sp³-hybridized carbons (Fsp3) is 0.471. The molecule has 0 radical (unpaired) electrons. The molecule has 0 aliphatic carbocycles. The highest BCUT2D eigenvalue weighted by atomic mass is 16.2. The Morgan fingerprint density at radius 2 is 1.62 bits per heavy atom. The number of aryl methyl sites for hydroxylation is 1. The average Bonchev–Trinajstić information content (AvgIpc) is 2.55. The van der Waals surface area contributed by atoms with Crippen molar-refractivity contribution in [1.29, 1.82) is 0 Å². The SMILES string of the molecule is CC(=O)C(C)(C)NNC(=O)Nc1cc(NC(=O)C(C)(C)NN)ccc1C. The summed E-state index contributed by atoms with van der Waals surface area (Å²) in [5.41, 5.74) is 7.54. The predicted molar refractivity (Wildman–Crippen MR) is 101 cm³/mol. The van der Waals surface area contributed by atoms with Crippen LogP contribution in [-0.4, -0.2) is 28.8 Å². The van der Waals surface area contributed by atoms with Gasteiger partial charge in [0.1, 0.15) is 5.54 Å². The Bertz CT molecular complexity index is 700. The maximum Gasteiger partial charge on any atom is 0.333 e. The number of amides is 3. The van der Waals surface area contributed by atoms with Crippen LogP contribution in [0, 0.1) is 6.92 Å². The van der Waals surface area contributed by atoms with Crippen molar-refractivity contribution in [1.82, 2.24) is 16.3 Å². The van der Waals surface area contributed by atoms with Gasteiger partial charge in [0.25, 0.3) is 0 Å². The number of nitrogens with one attached hydrogen (secondary N) is 5. The van der Waals surface area contributed by atoms with E-state index in [1.165, 1.54) is 6.92 Å². The summed E-state index contributed by atoms with van der Waals surface area (Å²) in [6.45, 7) is 9.85. The van der Waals surface area contributed by atoms with Crippen LogP contribution in [0.4, 0.5) is 16.2 Å². The van der Waals surface area contributed by atoms with E-state index in [2.05, 4.69) is 26.9 Å². The molecule has 0 saturated carbocycles. The van der Waals surface area contributed by atoms with Gasteiger partial charge in [0.05, 0.1) is 5.54 Å². The summed E-state index contributed by atoms with van der Waals surface area (Å²) in [6, 6.07) is 4.59. The van der Waals surface area contributed by atoms with Crippen molar-refractivity contribution < 1.29 is 14.4 Å². The minimum atomic E-state index is -0.946. The Morgan fingerprint density at radius 1 is 1.00 bits per heavy atom. The molecule has 0 atom stereocenters. The van der Waals surface area contributed by atoms with Gasteiger partial charge < -0.3 is 10.6 Å². The maximum absolute atomic E-state index is 12.2. The molecule has 7 N–H and O–H groups in total. The van der Waals surface area contributed by atoms with Crippen molar-refractivity contribution in [3.63, 3.8) is 0 Å². The van der Waals surface area contributed by atoms with Gasteiger partial charge >= 0.3 is 6.03 Å². The van der Waals surface area contributed by atoms with Crippen LogP contribution in [0.5, 0.6) is 0 Å². The van der Waals surface area contributed by atoms with E-state index >= 15 is 0 Å². The van der Waals surface area contributed by atoms with Gasteiger partial charge in [0, 0.05) is 11.4 Å². The molecule has 9 nitrogen and oxygen atoms in total. The van der Waals surface area contributed by atoms with Crippen LogP contribution >= 0.6 is 0 Å². The lowest BCUT2D eigenvalue weighted by Gasteiger charge is -2.24. The summed E-state index contributed by atoms with van der Waals surface area (Å²) in [4.78, 5) is 35.7. The normalized spacial score (nSPS) is 11.7. The van der Waals surface area contributed by atoms with Crippen molar-refractivity contribution >= 4 is 29.1 Å². The number of benzene rings is 1. The lowest BCUT2D eigenvalue weighted by molar-refractivity contribution is -0.122. The lowest BCUT2D eigenvalue weighted by Crippen LogP contribution is -2.55. The van der Waals surface area contributed by atoms with Crippen LogP contribution in [0.1, 0.15) is 40.2 Å². The second-order valence-electron chi connectivity index (χ2n) is 7.14. The molecule has 3 amide bonds. The van der Waals surface area contributed by atoms with Crippen molar-refractivity contribution in [2.75, 3.05) is 10.6 Å². The van der Waals surface area contributed by atoms with Gasteiger partial charge in [-0.2, -0.15) is 0 Å². The zero-order valence-electron chi connectivity index (χ0n) is 16.0. The maximum atomic E-state index is 12.2. The van der Waals surface area contributed by atoms with Gasteiger partial charge in [-0.1, -0.05) is 6.07 Å². The number of ketones is 1. The van der Waals surface area contributed by atoms with Crippen LogP contribution in [0.25, 0.3) is 0 Å². The van der Waals surface area contributed by atoms with Gasteiger partial charge in [0.2, 0.25) is 5.91 Å². The van der Waals surface area contributed by atoms with E-state index in [-0.39, 0.29) is 11.7 Å². The number of Topliss-reactive ketones (excluding diaryl/α,β-unsaturated/α-hetero) is 1. The molecule has 0 aromatic heterocycles. The van der Waals surface area contributed by atoms with Crippen LogP contribution in [0.2, 0.25) is 0 Å². The summed E-state index contributed by atoms with van der Waals surface area (Å²) in [7, 11) is 0. The van der Waals surface area contributed by atoms with E-state index in [9.17, 15) is 14.4 Å². The van der Waals surface area contributed by atoms with Gasteiger partial charge in [-0.15, -0.1) is 0 Å². The Kier molecular flexibility index (Phi) is 6.85. The molecule has 26 heavy (non-hydrogen) atoms. The molecule has 9 heteroatoms. The Morgan fingerprint density at radius 3 is 2.15 bits per heavy atom. The van der Waals surface area contributed by atoms with Crippen molar-refractivity contribution in [3.05, 3.63) is 23.8 Å². The van der Waals surface area contributed by atoms with Crippen LogP contribution in [-0.2, 0) is 9.59 Å². The monoisotopic (exact) mass is 364 g/mol. The van der Waals surface area contributed by atoms with E-state index in [4.69, 9.17) is 5.84 Å². The zero-order chi connectivity index (χ0) is 20.1. The molecule has 0 fully saturated rings. The molecule has 0 spiro atoms. The summed E-state index contributed by atoms with van der Waals surface area (Å²) in [5, 5.41) is 5.40. The largest absolute Gasteiger partial charge is 0.333 e. The quantitative estimate of drug-likeness (QED) is 0.317. The summed E-state index contributed by atoms with van der Waals surface area (Å²) >= 11 is 0. The number of hydrazine groups is 2. The van der Waals surface area contributed by atoms with Gasteiger partial charge in [0.15, 0.2) is 5.78 Å². The molecule has 0 bridgehead atoms. The molecule has 144 valence electrons. The van der Waals surface area contributed by atoms with Crippen LogP contribution in [0.15, 0.2) is 18.2 Å². The van der Waals surface area contributed by atoms with E-state index in [0.29, 0.717) is 11.4 Å². The number of rotatable bonds is 7. The third kappa shape index (κ3) is 5.80. The Labute approximate surface area is 153 Å². The minimum absolute atomic E-state index is 0.116. The number of nitrogens with two attached hydrogens (primary N) is 1. The van der Waals surface area contributed by atoms with E-state index < -0.39 is 17.1 Å². The Hall–Kier alpha value is -2.49. The summed E-state index contributed by atoms with van der Waals surface area (Å²) in [5.74, 6) is 4.93. The third-order valence-electron chi connectivity index (χ3n) is 4.04. The molecule has 1 aromatic carbocycles. The number of carbonyl (C=O) groups excluding carboxylic acids is 3. The first-order chi connectivity index (χ1) is 11.9. The molecule has 0 heterocycles. The highest BCUT2D eigenvalue weighted by molar-refractivity contribution is 5.98. The first-order valence-electron chi connectivity index (χ1n) is 8.14. The molecule has 0 aliphatic rings. The smallest absolute Gasteiger partial charge is 0.324 e. The number of carbonyl (C=O) groups is 3. The van der Waals surface area contributed by atoms with Gasteiger partial charge in [-0.05, 0) is 59.2 Å². The predicted octanol–water partition coefficient (Wildman–Crippen LogP) is 1.17. The molecular weight excluding hydrogens is 336 g/mol. The number of hydrogen-bond donors (Lipinski definition) is 6. The van der Waals surface area contributed by atoms with E-state index in [1.54, 1.807) is 45.9 Å². The molecule has 1 rings (SSSR count). The van der Waals surface area contributed by atoms with E-state index in [0.717, 1.165) is 5.56 Å². The number of anilines is 2. The zero-order valence-corrected chi connectivity index (χ0v) is 16.0. The summed E-state index contributed by atoms with van der Waals surface area (Å²) < 4.78 is 0. The first-order valence-corrected chi connectivity index (χ1v) is 8.14. The summed E-state index contributed by atoms with van der Waals surface area (Å²) in [6.07, 6.45) is 0. The Balaban J connectivity index is 2.80. The van der Waals surface area contributed by atoms with Gasteiger partial charge in [-0.25, -0.2) is 15.6 Å². The fourth-order valence-corrected chi connectivity index (χ4v) is 1.64. The lowest BCUT2D eigenvalue weighted by atomic mass is 10.0. The van der Waals surface area contributed by atoms with Crippen molar-refractivity contribution in [2.45, 2.75) is 52.6 Å². The van der Waals surface area contributed by atoms with Crippen molar-refractivity contribution in [2.24, 2.45) is 5.84 Å².